The molecule has 0 aromatic heterocycles. The van der Waals surface area contributed by atoms with Crippen molar-refractivity contribution in [3.05, 3.63) is 23.8 Å². The van der Waals surface area contributed by atoms with Crippen molar-refractivity contribution in [2.45, 2.75) is 26.1 Å². The molecule has 102 valence electrons. The van der Waals surface area contributed by atoms with Gasteiger partial charge in [0.25, 0.3) is 0 Å². The number of aromatic hydroxyl groups is 2. The fraction of sp³-hybridized carbons (Fsp3) is 0.500. The molecule has 0 aliphatic rings. The lowest BCUT2D eigenvalue weighted by atomic mass is 10.1. The zero-order valence-electron chi connectivity index (χ0n) is 10.2. The van der Waals surface area contributed by atoms with Crippen LogP contribution in [0.4, 0.5) is 13.2 Å². The monoisotopic (exact) mass is 263 g/mol. The molecule has 0 radical (unpaired) electrons. The van der Waals surface area contributed by atoms with Gasteiger partial charge in [-0.25, -0.2) is 0 Å². The Hall–Kier alpha value is -1.43. The van der Waals surface area contributed by atoms with Crippen molar-refractivity contribution >= 4 is 0 Å². The predicted molar refractivity (Wildman–Crippen MR) is 61.5 cm³/mol. The molecule has 3 nitrogen and oxygen atoms in total. The second-order valence-electron chi connectivity index (χ2n) is 4.14. The molecule has 2 N–H and O–H groups in total. The minimum atomic E-state index is -4.27. The number of hydrogen-bond donors (Lipinski definition) is 2. The van der Waals surface area contributed by atoms with Crippen LogP contribution in [-0.4, -0.2) is 34.4 Å². The number of rotatable bonds is 4. The highest BCUT2D eigenvalue weighted by molar-refractivity contribution is 5.38. The van der Waals surface area contributed by atoms with E-state index in [9.17, 15) is 23.4 Å². The lowest BCUT2D eigenvalue weighted by Gasteiger charge is -2.29. The third kappa shape index (κ3) is 4.10. The van der Waals surface area contributed by atoms with Crippen LogP contribution in [0, 0.1) is 0 Å². The normalized spacial score (nSPS) is 13.9. The summed E-state index contributed by atoms with van der Waals surface area (Å²) in [6.45, 7) is 2.42. The van der Waals surface area contributed by atoms with E-state index in [1.165, 1.54) is 17.0 Å². The first-order valence-corrected chi connectivity index (χ1v) is 5.56. The summed E-state index contributed by atoms with van der Waals surface area (Å²) in [5.74, 6) is -0.333. The standard InChI is InChI=1S/C12H16F3NO2/c1-3-16(7-12(13,14)15)8(2)9-4-10(17)6-11(18)5-9/h4-6,8,17-18H,3,7H2,1-2H3. The van der Waals surface area contributed by atoms with Crippen LogP contribution in [0.15, 0.2) is 18.2 Å². The molecule has 0 saturated carbocycles. The summed E-state index contributed by atoms with van der Waals surface area (Å²) in [6, 6.07) is 3.29. The van der Waals surface area contributed by atoms with Gasteiger partial charge in [-0.1, -0.05) is 6.92 Å². The maximum absolute atomic E-state index is 12.4. The summed E-state index contributed by atoms with van der Waals surface area (Å²) in [5.41, 5.74) is 0.443. The summed E-state index contributed by atoms with van der Waals surface area (Å²) >= 11 is 0. The SMILES string of the molecule is CCN(CC(F)(F)F)C(C)c1cc(O)cc(O)c1. The maximum Gasteiger partial charge on any atom is 0.401 e. The zero-order chi connectivity index (χ0) is 13.9. The number of phenolic OH excluding ortho intramolecular Hbond substituents is 2. The second kappa shape index (κ2) is 5.48. The molecule has 1 aromatic rings. The molecule has 0 heterocycles. The van der Waals surface area contributed by atoms with Gasteiger partial charge in [0.2, 0.25) is 0 Å². The van der Waals surface area contributed by atoms with Gasteiger partial charge in [-0.2, -0.15) is 13.2 Å². The first-order valence-electron chi connectivity index (χ1n) is 5.56. The summed E-state index contributed by atoms with van der Waals surface area (Å²) in [7, 11) is 0. The van der Waals surface area contributed by atoms with Crippen molar-refractivity contribution in [1.82, 2.24) is 4.90 Å². The zero-order valence-corrected chi connectivity index (χ0v) is 10.2. The molecule has 1 rings (SSSR count). The van der Waals surface area contributed by atoms with Crippen LogP contribution < -0.4 is 0 Å². The highest BCUT2D eigenvalue weighted by atomic mass is 19.4. The number of alkyl halides is 3. The smallest absolute Gasteiger partial charge is 0.401 e. The van der Waals surface area contributed by atoms with E-state index >= 15 is 0 Å². The summed E-state index contributed by atoms with van der Waals surface area (Å²) in [4.78, 5) is 1.22. The maximum atomic E-state index is 12.4. The molecule has 0 fully saturated rings. The summed E-state index contributed by atoms with van der Waals surface area (Å²) < 4.78 is 37.2. The van der Waals surface area contributed by atoms with Crippen molar-refractivity contribution in [2.75, 3.05) is 13.1 Å². The Morgan fingerprint density at radius 3 is 2.06 bits per heavy atom. The average molecular weight is 263 g/mol. The fourth-order valence-corrected chi connectivity index (χ4v) is 1.82. The fourth-order valence-electron chi connectivity index (χ4n) is 1.82. The summed E-state index contributed by atoms with van der Waals surface area (Å²) in [6.07, 6.45) is -4.27. The Labute approximate surface area is 103 Å². The molecule has 0 aliphatic heterocycles. The van der Waals surface area contributed by atoms with Gasteiger partial charge in [-0.05, 0) is 31.2 Å². The van der Waals surface area contributed by atoms with Crippen LogP contribution in [0.25, 0.3) is 0 Å². The van der Waals surface area contributed by atoms with Gasteiger partial charge in [-0.15, -0.1) is 0 Å². The van der Waals surface area contributed by atoms with Gasteiger partial charge in [0.15, 0.2) is 0 Å². The van der Waals surface area contributed by atoms with Crippen molar-refractivity contribution in [1.29, 1.82) is 0 Å². The molecule has 1 unspecified atom stereocenters. The topological polar surface area (TPSA) is 43.7 Å². The number of nitrogens with zero attached hydrogens (tertiary/aromatic N) is 1. The van der Waals surface area contributed by atoms with Gasteiger partial charge in [0.1, 0.15) is 11.5 Å². The quantitative estimate of drug-likeness (QED) is 0.877. The van der Waals surface area contributed by atoms with E-state index in [4.69, 9.17) is 0 Å². The van der Waals surface area contributed by atoms with Gasteiger partial charge in [0.05, 0.1) is 6.54 Å². The highest BCUT2D eigenvalue weighted by Crippen LogP contribution is 2.29. The molecular formula is C12H16F3NO2. The van der Waals surface area contributed by atoms with E-state index in [-0.39, 0.29) is 18.0 Å². The molecule has 0 spiro atoms. The van der Waals surface area contributed by atoms with Gasteiger partial charge in [0, 0.05) is 12.1 Å². The van der Waals surface area contributed by atoms with E-state index < -0.39 is 18.8 Å². The van der Waals surface area contributed by atoms with E-state index in [0.717, 1.165) is 6.07 Å². The van der Waals surface area contributed by atoms with E-state index in [1.807, 2.05) is 0 Å². The number of hydrogen-bond acceptors (Lipinski definition) is 3. The van der Waals surface area contributed by atoms with E-state index in [1.54, 1.807) is 13.8 Å². The van der Waals surface area contributed by atoms with Crippen molar-refractivity contribution < 1.29 is 23.4 Å². The average Bonchev–Trinajstić information content (AvgIpc) is 2.22. The Kier molecular flexibility index (Phi) is 4.45. The van der Waals surface area contributed by atoms with Gasteiger partial charge in [-0.3, -0.25) is 4.90 Å². The van der Waals surface area contributed by atoms with E-state index in [0.29, 0.717) is 5.56 Å². The van der Waals surface area contributed by atoms with Crippen LogP contribution in [0.1, 0.15) is 25.5 Å². The Bertz CT molecular complexity index is 387. The first-order chi connectivity index (χ1) is 8.23. The van der Waals surface area contributed by atoms with Crippen LogP contribution in [0.2, 0.25) is 0 Å². The van der Waals surface area contributed by atoms with Crippen LogP contribution >= 0.6 is 0 Å². The number of phenols is 2. The van der Waals surface area contributed by atoms with Crippen molar-refractivity contribution in [3.8, 4) is 11.5 Å². The van der Waals surface area contributed by atoms with Gasteiger partial charge < -0.3 is 10.2 Å². The third-order valence-corrected chi connectivity index (χ3v) is 2.74. The summed E-state index contributed by atoms with van der Waals surface area (Å²) in [5, 5.41) is 18.7. The molecule has 1 aromatic carbocycles. The lowest BCUT2D eigenvalue weighted by molar-refractivity contribution is -0.150. The largest absolute Gasteiger partial charge is 0.508 e. The molecule has 0 amide bonds. The molecular weight excluding hydrogens is 247 g/mol. The predicted octanol–water partition coefficient (Wildman–Crippen LogP) is 3.04. The minimum absolute atomic E-state index is 0.167. The Morgan fingerprint density at radius 1 is 1.17 bits per heavy atom. The Morgan fingerprint density at radius 2 is 1.67 bits per heavy atom. The Balaban J connectivity index is 2.92. The molecule has 0 bridgehead atoms. The third-order valence-electron chi connectivity index (χ3n) is 2.74. The molecule has 0 saturated heterocycles. The number of halogens is 3. The van der Waals surface area contributed by atoms with E-state index in [2.05, 4.69) is 0 Å². The molecule has 1 atom stereocenters. The number of benzene rings is 1. The highest BCUT2D eigenvalue weighted by Gasteiger charge is 2.32. The van der Waals surface area contributed by atoms with Crippen LogP contribution in [0.5, 0.6) is 11.5 Å². The van der Waals surface area contributed by atoms with Crippen LogP contribution in [0.3, 0.4) is 0 Å². The molecule has 6 heteroatoms. The first kappa shape index (κ1) is 14.6. The lowest BCUT2D eigenvalue weighted by Crippen LogP contribution is -2.36. The molecule has 0 aliphatic carbocycles. The van der Waals surface area contributed by atoms with Crippen LogP contribution in [-0.2, 0) is 0 Å². The second-order valence-corrected chi connectivity index (χ2v) is 4.14. The minimum Gasteiger partial charge on any atom is -0.508 e. The van der Waals surface area contributed by atoms with Crippen molar-refractivity contribution in [2.24, 2.45) is 0 Å². The molecule has 18 heavy (non-hydrogen) atoms. The van der Waals surface area contributed by atoms with Gasteiger partial charge >= 0.3 is 6.18 Å². The van der Waals surface area contributed by atoms with Crippen molar-refractivity contribution in [3.63, 3.8) is 0 Å².